The molecule has 0 unspecified atom stereocenters. The van der Waals surface area contributed by atoms with E-state index in [1.165, 1.54) is 11.6 Å². The molecule has 0 saturated heterocycles. The van der Waals surface area contributed by atoms with Crippen LogP contribution in [0.5, 0.6) is 0 Å². The van der Waals surface area contributed by atoms with Gasteiger partial charge in [0.15, 0.2) is 0 Å². The van der Waals surface area contributed by atoms with Gasteiger partial charge in [-0.05, 0) is 24.6 Å². The summed E-state index contributed by atoms with van der Waals surface area (Å²) in [5.74, 6) is -0.457. The highest BCUT2D eigenvalue weighted by Crippen LogP contribution is 2.23. The Morgan fingerprint density at radius 2 is 1.94 bits per heavy atom. The van der Waals surface area contributed by atoms with E-state index in [4.69, 9.17) is 9.52 Å². The van der Waals surface area contributed by atoms with Crippen molar-refractivity contribution in [2.75, 3.05) is 0 Å². The Kier molecular flexibility index (Phi) is 3.10. The van der Waals surface area contributed by atoms with Crippen LogP contribution in [0.1, 0.15) is 11.3 Å². The molecule has 0 spiro atoms. The van der Waals surface area contributed by atoms with Crippen molar-refractivity contribution in [3.8, 4) is 11.1 Å². The second-order valence-corrected chi connectivity index (χ2v) is 3.78. The lowest BCUT2D eigenvalue weighted by Crippen LogP contribution is -1.84. The lowest BCUT2D eigenvalue weighted by Gasteiger charge is -1.96. The van der Waals surface area contributed by atoms with Crippen LogP contribution in [-0.2, 0) is 4.79 Å². The lowest BCUT2D eigenvalue weighted by molar-refractivity contribution is -0.131. The predicted octanol–water partition coefficient (Wildman–Crippen LogP) is 3.35. The number of hydrogen-bond donors (Lipinski definition) is 1. The van der Waals surface area contributed by atoms with E-state index in [0.29, 0.717) is 5.76 Å². The topological polar surface area (TPSA) is 50.4 Å². The molecule has 0 bridgehead atoms. The first-order valence-electron chi connectivity index (χ1n) is 5.22. The number of carbonyl (C=O) groups is 1. The van der Waals surface area contributed by atoms with Crippen molar-refractivity contribution in [2.24, 2.45) is 0 Å². The van der Waals surface area contributed by atoms with Crippen molar-refractivity contribution in [1.82, 2.24) is 0 Å². The van der Waals surface area contributed by atoms with Crippen molar-refractivity contribution in [3.63, 3.8) is 0 Å². The monoisotopic (exact) mass is 228 g/mol. The zero-order valence-electron chi connectivity index (χ0n) is 9.38. The molecule has 3 nitrogen and oxygen atoms in total. The van der Waals surface area contributed by atoms with Crippen LogP contribution in [0.3, 0.4) is 0 Å². The van der Waals surface area contributed by atoms with E-state index >= 15 is 0 Å². The molecule has 3 heteroatoms. The first-order chi connectivity index (χ1) is 8.15. The predicted molar refractivity (Wildman–Crippen MR) is 65.6 cm³/mol. The van der Waals surface area contributed by atoms with E-state index in [2.05, 4.69) is 0 Å². The average molecular weight is 228 g/mol. The van der Waals surface area contributed by atoms with E-state index in [0.717, 1.165) is 17.2 Å². The molecule has 17 heavy (non-hydrogen) atoms. The fourth-order valence-electron chi connectivity index (χ4n) is 1.49. The van der Waals surface area contributed by atoms with Crippen LogP contribution in [0, 0.1) is 6.92 Å². The van der Waals surface area contributed by atoms with Crippen LogP contribution in [0.25, 0.3) is 17.2 Å². The van der Waals surface area contributed by atoms with Crippen molar-refractivity contribution in [2.45, 2.75) is 6.92 Å². The lowest BCUT2D eigenvalue weighted by atomic mass is 10.1. The molecule has 1 aromatic heterocycles. The summed E-state index contributed by atoms with van der Waals surface area (Å²) >= 11 is 0. The Balaban J connectivity index is 2.23. The maximum absolute atomic E-state index is 10.4. The van der Waals surface area contributed by atoms with E-state index in [1.54, 1.807) is 6.26 Å². The molecule has 0 aliphatic rings. The molecule has 1 heterocycles. The summed E-state index contributed by atoms with van der Waals surface area (Å²) in [6.45, 7) is 2.03. The molecule has 86 valence electrons. The number of benzene rings is 1. The molecule has 0 aliphatic carbocycles. The zero-order valence-corrected chi connectivity index (χ0v) is 9.38. The maximum Gasteiger partial charge on any atom is 0.328 e. The van der Waals surface area contributed by atoms with Gasteiger partial charge in [0.05, 0.1) is 6.26 Å². The number of rotatable bonds is 3. The maximum atomic E-state index is 10.4. The van der Waals surface area contributed by atoms with Gasteiger partial charge in [0.1, 0.15) is 5.76 Å². The highest BCUT2D eigenvalue weighted by atomic mass is 16.4. The minimum atomic E-state index is -0.988. The van der Waals surface area contributed by atoms with Gasteiger partial charge in [-0.25, -0.2) is 4.79 Å². The third-order valence-corrected chi connectivity index (χ3v) is 2.39. The Morgan fingerprint density at radius 1 is 1.24 bits per heavy atom. The standard InChI is InChI=1S/C14H12O3/c1-10-2-4-11(5-3-10)12-8-13(17-9-12)6-7-14(15)16/h2-9H,1H3,(H,15,16). The molecule has 2 rings (SSSR count). The summed E-state index contributed by atoms with van der Waals surface area (Å²) in [6.07, 6.45) is 4.10. The molecule has 0 aliphatic heterocycles. The van der Waals surface area contributed by atoms with E-state index in [1.807, 2.05) is 37.3 Å². The molecule has 0 atom stereocenters. The van der Waals surface area contributed by atoms with Gasteiger partial charge in [0, 0.05) is 11.6 Å². The van der Waals surface area contributed by atoms with Crippen LogP contribution < -0.4 is 0 Å². The molecular weight excluding hydrogens is 216 g/mol. The minimum Gasteiger partial charge on any atom is -0.478 e. The summed E-state index contributed by atoms with van der Waals surface area (Å²) in [5.41, 5.74) is 3.19. The average Bonchev–Trinajstić information content (AvgIpc) is 2.76. The molecule has 0 amide bonds. The summed E-state index contributed by atoms with van der Waals surface area (Å²) in [7, 11) is 0. The van der Waals surface area contributed by atoms with Gasteiger partial charge >= 0.3 is 5.97 Å². The van der Waals surface area contributed by atoms with Gasteiger partial charge in [0.25, 0.3) is 0 Å². The van der Waals surface area contributed by atoms with Crippen molar-refractivity contribution in [3.05, 3.63) is 54.0 Å². The number of aliphatic carboxylic acids is 1. The molecule has 0 fully saturated rings. The molecule has 0 radical (unpaired) electrons. The zero-order chi connectivity index (χ0) is 12.3. The summed E-state index contributed by atoms with van der Waals surface area (Å²) in [6, 6.07) is 9.87. The molecule has 0 saturated carbocycles. The van der Waals surface area contributed by atoms with E-state index < -0.39 is 5.97 Å². The summed E-state index contributed by atoms with van der Waals surface area (Å²) in [4.78, 5) is 10.4. The highest BCUT2D eigenvalue weighted by Gasteiger charge is 2.02. The molecule has 1 aromatic carbocycles. The summed E-state index contributed by atoms with van der Waals surface area (Å²) in [5, 5.41) is 8.50. The second-order valence-electron chi connectivity index (χ2n) is 3.78. The number of carboxylic acids is 1. The number of hydrogen-bond acceptors (Lipinski definition) is 2. The Bertz CT molecular complexity index is 547. The normalized spacial score (nSPS) is 10.9. The van der Waals surface area contributed by atoms with Crippen LogP contribution >= 0.6 is 0 Å². The smallest absolute Gasteiger partial charge is 0.328 e. The Morgan fingerprint density at radius 3 is 2.59 bits per heavy atom. The molecule has 2 aromatic rings. The Labute approximate surface area is 99.0 Å². The SMILES string of the molecule is Cc1ccc(-c2coc(C=CC(=O)O)c2)cc1. The van der Waals surface area contributed by atoms with Gasteiger partial charge in [-0.1, -0.05) is 29.8 Å². The number of carboxylic acid groups (broad SMARTS) is 1. The molecular formula is C14H12O3. The van der Waals surface area contributed by atoms with Crippen molar-refractivity contribution < 1.29 is 14.3 Å². The van der Waals surface area contributed by atoms with Gasteiger partial charge < -0.3 is 9.52 Å². The van der Waals surface area contributed by atoms with Crippen molar-refractivity contribution in [1.29, 1.82) is 0 Å². The van der Waals surface area contributed by atoms with Gasteiger partial charge in [-0.15, -0.1) is 0 Å². The number of furan rings is 1. The van der Waals surface area contributed by atoms with Crippen LogP contribution in [0.2, 0.25) is 0 Å². The summed E-state index contributed by atoms with van der Waals surface area (Å²) < 4.78 is 5.25. The third-order valence-electron chi connectivity index (χ3n) is 2.39. The van der Waals surface area contributed by atoms with E-state index in [-0.39, 0.29) is 0 Å². The van der Waals surface area contributed by atoms with E-state index in [9.17, 15) is 4.79 Å². The fourth-order valence-corrected chi connectivity index (χ4v) is 1.49. The van der Waals surface area contributed by atoms with Crippen molar-refractivity contribution >= 4 is 12.0 Å². The largest absolute Gasteiger partial charge is 0.478 e. The number of aryl methyl sites for hydroxylation is 1. The van der Waals surface area contributed by atoms with Crippen LogP contribution in [-0.4, -0.2) is 11.1 Å². The fraction of sp³-hybridized carbons (Fsp3) is 0.0714. The van der Waals surface area contributed by atoms with Crippen LogP contribution in [0.15, 0.2) is 47.1 Å². The third kappa shape index (κ3) is 2.84. The van der Waals surface area contributed by atoms with Gasteiger partial charge in [-0.3, -0.25) is 0 Å². The van der Waals surface area contributed by atoms with Crippen LogP contribution in [0.4, 0.5) is 0 Å². The minimum absolute atomic E-state index is 0.531. The van der Waals surface area contributed by atoms with Gasteiger partial charge in [-0.2, -0.15) is 0 Å². The quantitative estimate of drug-likeness (QED) is 0.819. The second kappa shape index (κ2) is 4.70. The van der Waals surface area contributed by atoms with Gasteiger partial charge in [0.2, 0.25) is 0 Å². The highest BCUT2D eigenvalue weighted by molar-refractivity contribution is 5.85. The first-order valence-corrected chi connectivity index (χ1v) is 5.22. The Hall–Kier alpha value is -2.29. The molecule has 1 N–H and O–H groups in total. The first kappa shape index (κ1) is 11.2.